The van der Waals surface area contributed by atoms with Gasteiger partial charge in [0, 0.05) is 32.7 Å². The van der Waals surface area contributed by atoms with Crippen LogP contribution < -0.4 is 10.6 Å². The van der Waals surface area contributed by atoms with Gasteiger partial charge in [-0.3, -0.25) is 9.69 Å². The summed E-state index contributed by atoms with van der Waals surface area (Å²) in [6.45, 7) is 5.11. The number of rotatable bonds is 3. The topological polar surface area (TPSA) is 44.4 Å². The van der Waals surface area contributed by atoms with Gasteiger partial charge >= 0.3 is 0 Å². The molecule has 1 saturated carbocycles. The zero-order chi connectivity index (χ0) is 12.3. The Kier molecular flexibility index (Phi) is 4.40. The number of likely N-dealkylation sites (N-methyl/N-ethyl adjacent to an activating group) is 1. The molecule has 2 aliphatic rings. The summed E-state index contributed by atoms with van der Waals surface area (Å²) in [6, 6.07) is 0.665. The van der Waals surface area contributed by atoms with Crippen LogP contribution >= 0.6 is 0 Å². The van der Waals surface area contributed by atoms with Gasteiger partial charge in [0.15, 0.2) is 0 Å². The molecule has 0 spiro atoms. The van der Waals surface area contributed by atoms with E-state index in [0.29, 0.717) is 6.04 Å². The Morgan fingerprint density at radius 3 is 2.94 bits per heavy atom. The molecule has 1 saturated heterocycles. The molecule has 2 N–H and O–H groups in total. The standard InChI is InChI=1S/C13H25N3O/c1-3-10-4-5-11(8-10)16-7-6-15-9-12(16)13(17)14-2/h10-12,15H,3-9H2,1-2H3,(H,14,17). The van der Waals surface area contributed by atoms with Crippen LogP contribution in [0, 0.1) is 5.92 Å². The first-order chi connectivity index (χ1) is 8.26. The van der Waals surface area contributed by atoms with Crippen molar-refractivity contribution in [2.45, 2.75) is 44.7 Å². The fourth-order valence-electron chi connectivity index (χ4n) is 3.29. The molecule has 4 nitrogen and oxygen atoms in total. The van der Waals surface area contributed by atoms with E-state index in [0.717, 1.165) is 25.6 Å². The molecule has 98 valence electrons. The van der Waals surface area contributed by atoms with Gasteiger partial charge in [0.05, 0.1) is 0 Å². The van der Waals surface area contributed by atoms with Crippen LogP contribution in [0.4, 0.5) is 0 Å². The lowest BCUT2D eigenvalue weighted by Crippen LogP contribution is -2.60. The molecule has 0 bridgehead atoms. The zero-order valence-electron chi connectivity index (χ0n) is 11.0. The predicted octanol–water partition coefficient (Wildman–Crippen LogP) is 0.585. The van der Waals surface area contributed by atoms with E-state index in [2.05, 4.69) is 22.5 Å². The van der Waals surface area contributed by atoms with Gasteiger partial charge < -0.3 is 10.6 Å². The van der Waals surface area contributed by atoms with Crippen molar-refractivity contribution in [1.82, 2.24) is 15.5 Å². The highest BCUT2D eigenvalue weighted by Crippen LogP contribution is 2.32. The lowest BCUT2D eigenvalue weighted by atomic mass is 10.0. The Labute approximate surface area is 104 Å². The Bertz CT molecular complexity index is 269. The third kappa shape index (κ3) is 2.80. The first-order valence-electron chi connectivity index (χ1n) is 6.94. The number of hydrogen-bond donors (Lipinski definition) is 2. The SMILES string of the molecule is CCC1CCC(N2CCNCC2C(=O)NC)C1. The van der Waals surface area contributed by atoms with Gasteiger partial charge in [-0.15, -0.1) is 0 Å². The summed E-state index contributed by atoms with van der Waals surface area (Å²) in [6.07, 6.45) is 5.18. The summed E-state index contributed by atoms with van der Waals surface area (Å²) in [5, 5.41) is 6.12. The van der Waals surface area contributed by atoms with Gasteiger partial charge in [-0.1, -0.05) is 13.3 Å². The molecule has 3 unspecified atom stereocenters. The second-order valence-electron chi connectivity index (χ2n) is 5.31. The van der Waals surface area contributed by atoms with Gasteiger partial charge in [-0.05, 0) is 25.2 Å². The van der Waals surface area contributed by atoms with E-state index >= 15 is 0 Å². The number of carbonyl (C=O) groups excluding carboxylic acids is 1. The highest BCUT2D eigenvalue weighted by Gasteiger charge is 2.36. The molecule has 0 aromatic rings. The van der Waals surface area contributed by atoms with E-state index in [1.165, 1.54) is 25.7 Å². The largest absolute Gasteiger partial charge is 0.358 e. The first kappa shape index (κ1) is 12.8. The van der Waals surface area contributed by atoms with Crippen molar-refractivity contribution in [3.8, 4) is 0 Å². The maximum absolute atomic E-state index is 11.9. The molecule has 0 radical (unpaired) electrons. The van der Waals surface area contributed by atoms with Crippen LogP contribution in [0.3, 0.4) is 0 Å². The third-order valence-corrected chi connectivity index (χ3v) is 4.39. The van der Waals surface area contributed by atoms with E-state index in [1.54, 1.807) is 7.05 Å². The van der Waals surface area contributed by atoms with Crippen molar-refractivity contribution in [1.29, 1.82) is 0 Å². The highest BCUT2D eigenvalue weighted by molar-refractivity contribution is 5.81. The van der Waals surface area contributed by atoms with Gasteiger partial charge in [-0.2, -0.15) is 0 Å². The second-order valence-corrected chi connectivity index (χ2v) is 5.31. The lowest BCUT2D eigenvalue weighted by molar-refractivity contribution is -0.127. The molecule has 4 heteroatoms. The minimum Gasteiger partial charge on any atom is -0.358 e. The van der Waals surface area contributed by atoms with Crippen LogP contribution in [0.1, 0.15) is 32.6 Å². The minimum absolute atomic E-state index is 0.0364. The average Bonchev–Trinajstić information content (AvgIpc) is 2.86. The molecule has 17 heavy (non-hydrogen) atoms. The molecular formula is C13H25N3O. The van der Waals surface area contributed by atoms with E-state index in [4.69, 9.17) is 0 Å². The molecule has 1 aliphatic carbocycles. The number of piperazine rings is 1. The van der Waals surface area contributed by atoms with Crippen LogP contribution in [-0.4, -0.2) is 49.6 Å². The van der Waals surface area contributed by atoms with E-state index in [-0.39, 0.29) is 11.9 Å². The Morgan fingerprint density at radius 1 is 1.47 bits per heavy atom. The number of nitrogens with one attached hydrogen (secondary N) is 2. The molecule has 1 aliphatic heterocycles. The molecule has 3 atom stereocenters. The van der Waals surface area contributed by atoms with Gasteiger partial charge in [0.25, 0.3) is 0 Å². The van der Waals surface area contributed by atoms with E-state index in [1.807, 2.05) is 0 Å². The van der Waals surface area contributed by atoms with Crippen molar-refractivity contribution in [2.75, 3.05) is 26.7 Å². The first-order valence-corrected chi connectivity index (χ1v) is 6.94. The molecule has 0 aromatic carbocycles. The summed E-state index contributed by atoms with van der Waals surface area (Å²) < 4.78 is 0. The Hall–Kier alpha value is -0.610. The smallest absolute Gasteiger partial charge is 0.238 e. The van der Waals surface area contributed by atoms with E-state index in [9.17, 15) is 4.79 Å². The van der Waals surface area contributed by atoms with Crippen molar-refractivity contribution in [3.05, 3.63) is 0 Å². The maximum atomic E-state index is 11.9. The predicted molar refractivity (Wildman–Crippen MR) is 68.9 cm³/mol. The van der Waals surface area contributed by atoms with Crippen LogP contribution in [0.5, 0.6) is 0 Å². The molecule has 1 amide bonds. The number of hydrogen-bond acceptors (Lipinski definition) is 3. The van der Waals surface area contributed by atoms with Crippen LogP contribution in [-0.2, 0) is 4.79 Å². The second kappa shape index (κ2) is 5.83. The van der Waals surface area contributed by atoms with Gasteiger partial charge in [-0.25, -0.2) is 0 Å². The summed E-state index contributed by atoms with van der Waals surface area (Å²) in [5.41, 5.74) is 0. The van der Waals surface area contributed by atoms with Gasteiger partial charge in [0.2, 0.25) is 5.91 Å². The maximum Gasteiger partial charge on any atom is 0.238 e. The summed E-state index contributed by atoms with van der Waals surface area (Å²) >= 11 is 0. The molecule has 2 fully saturated rings. The highest BCUT2D eigenvalue weighted by atomic mass is 16.2. The minimum atomic E-state index is 0.0364. The lowest BCUT2D eigenvalue weighted by Gasteiger charge is -2.39. The number of amides is 1. The van der Waals surface area contributed by atoms with Crippen molar-refractivity contribution in [3.63, 3.8) is 0 Å². The zero-order valence-corrected chi connectivity index (χ0v) is 11.0. The molecule has 1 heterocycles. The fraction of sp³-hybridized carbons (Fsp3) is 0.923. The number of carbonyl (C=O) groups is 1. The summed E-state index contributed by atoms with van der Waals surface area (Å²) in [4.78, 5) is 14.3. The Balaban J connectivity index is 1.99. The summed E-state index contributed by atoms with van der Waals surface area (Å²) in [5.74, 6) is 1.04. The van der Waals surface area contributed by atoms with Crippen LogP contribution in [0.2, 0.25) is 0 Å². The third-order valence-electron chi connectivity index (χ3n) is 4.39. The van der Waals surface area contributed by atoms with Crippen LogP contribution in [0.25, 0.3) is 0 Å². The fourth-order valence-corrected chi connectivity index (χ4v) is 3.29. The number of nitrogens with zero attached hydrogens (tertiary/aromatic N) is 1. The molecule has 2 rings (SSSR count). The van der Waals surface area contributed by atoms with Crippen molar-refractivity contribution < 1.29 is 4.79 Å². The summed E-state index contributed by atoms with van der Waals surface area (Å²) in [7, 11) is 1.73. The quantitative estimate of drug-likeness (QED) is 0.757. The molecular weight excluding hydrogens is 214 g/mol. The Morgan fingerprint density at radius 2 is 2.29 bits per heavy atom. The van der Waals surface area contributed by atoms with Crippen LogP contribution in [0.15, 0.2) is 0 Å². The van der Waals surface area contributed by atoms with E-state index < -0.39 is 0 Å². The van der Waals surface area contributed by atoms with Crippen molar-refractivity contribution in [2.24, 2.45) is 5.92 Å². The van der Waals surface area contributed by atoms with Gasteiger partial charge in [0.1, 0.15) is 6.04 Å². The normalized spacial score (nSPS) is 34.8. The van der Waals surface area contributed by atoms with Crippen molar-refractivity contribution >= 4 is 5.91 Å². The monoisotopic (exact) mass is 239 g/mol. The molecule has 0 aromatic heterocycles. The average molecular weight is 239 g/mol.